The summed E-state index contributed by atoms with van der Waals surface area (Å²) >= 11 is 0. The molecule has 21 heavy (non-hydrogen) atoms. The molecule has 0 radical (unpaired) electrons. The Bertz CT molecular complexity index is 262. The van der Waals surface area contributed by atoms with Crippen molar-refractivity contribution in [1.82, 2.24) is 10.2 Å². The molecule has 1 fully saturated rings. The van der Waals surface area contributed by atoms with E-state index in [1.165, 1.54) is 71.0 Å². The molecule has 1 aliphatic heterocycles. The van der Waals surface area contributed by atoms with Crippen molar-refractivity contribution in [2.75, 3.05) is 19.6 Å². The normalized spacial score (nSPS) is 24.1. The predicted molar refractivity (Wildman–Crippen MR) is 94.9 cm³/mol. The molecule has 2 heteroatoms. The lowest BCUT2D eigenvalue weighted by molar-refractivity contribution is 0.0621. The van der Waals surface area contributed by atoms with Crippen LogP contribution in [0.3, 0.4) is 0 Å². The Balaban J connectivity index is 2.30. The molecule has 0 saturated carbocycles. The molecule has 1 heterocycles. The first-order valence-corrected chi connectivity index (χ1v) is 9.49. The first kappa shape index (κ1) is 19.0. The highest BCUT2D eigenvalue weighted by Gasteiger charge is 2.34. The second-order valence-electron chi connectivity index (χ2n) is 7.81. The van der Waals surface area contributed by atoms with E-state index in [0.29, 0.717) is 0 Å². The van der Waals surface area contributed by atoms with E-state index in [1.807, 2.05) is 0 Å². The molecule has 2 atom stereocenters. The van der Waals surface area contributed by atoms with Crippen LogP contribution in [0.5, 0.6) is 0 Å². The van der Waals surface area contributed by atoms with E-state index in [-0.39, 0.29) is 5.54 Å². The van der Waals surface area contributed by atoms with Crippen LogP contribution < -0.4 is 5.32 Å². The highest BCUT2D eigenvalue weighted by atomic mass is 15.2. The number of unbranched alkanes of at least 4 members (excludes halogenated alkanes) is 6. The summed E-state index contributed by atoms with van der Waals surface area (Å²) in [5.41, 5.74) is 0.283. The molecule has 126 valence electrons. The Morgan fingerprint density at radius 3 is 2.29 bits per heavy atom. The molecule has 0 aromatic heterocycles. The molecular formula is C19H40N2. The van der Waals surface area contributed by atoms with Gasteiger partial charge in [-0.15, -0.1) is 0 Å². The summed E-state index contributed by atoms with van der Waals surface area (Å²) in [4.78, 5) is 2.77. The fourth-order valence-electron chi connectivity index (χ4n) is 3.54. The van der Waals surface area contributed by atoms with Crippen molar-refractivity contribution >= 4 is 0 Å². The summed E-state index contributed by atoms with van der Waals surface area (Å²) in [5.74, 6) is 0.804. The standard InChI is InChI=1S/C19H40N2/c1-6-8-9-10-11-12-13-14-21-16-19(4,5)20-15-18(21)17(3)7-2/h17-18,20H,6-16H2,1-5H3. The Labute approximate surface area is 134 Å². The molecule has 2 unspecified atom stereocenters. The maximum Gasteiger partial charge on any atom is 0.0252 e. The van der Waals surface area contributed by atoms with Crippen molar-refractivity contribution < 1.29 is 0 Å². The van der Waals surface area contributed by atoms with Crippen LogP contribution in [-0.2, 0) is 0 Å². The van der Waals surface area contributed by atoms with Crippen molar-refractivity contribution in [3.05, 3.63) is 0 Å². The predicted octanol–water partition coefficient (Wildman–Crippen LogP) is 4.84. The van der Waals surface area contributed by atoms with Gasteiger partial charge in [0, 0.05) is 24.7 Å². The van der Waals surface area contributed by atoms with Crippen LogP contribution in [-0.4, -0.2) is 36.1 Å². The smallest absolute Gasteiger partial charge is 0.0252 e. The fraction of sp³-hybridized carbons (Fsp3) is 1.00. The van der Waals surface area contributed by atoms with Crippen molar-refractivity contribution in [1.29, 1.82) is 0 Å². The summed E-state index contributed by atoms with van der Waals surface area (Å²) in [6, 6.07) is 0.739. The lowest BCUT2D eigenvalue weighted by Gasteiger charge is -2.47. The third-order valence-electron chi connectivity index (χ3n) is 5.21. The zero-order chi connectivity index (χ0) is 15.7. The van der Waals surface area contributed by atoms with Crippen LogP contribution in [0.1, 0.15) is 86.0 Å². The first-order chi connectivity index (χ1) is 10.00. The molecule has 0 aliphatic carbocycles. The van der Waals surface area contributed by atoms with Gasteiger partial charge in [0.2, 0.25) is 0 Å². The quantitative estimate of drug-likeness (QED) is 0.581. The number of piperazine rings is 1. The zero-order valence-corrected chi connectivity index (χ0v) is 15.4. The fourth-order valence-corrected chi connectivity index (χ4v) is 3.54. The molecular weight excluding hydrogens is 256 g/mol. The lowest BCUT2D eigenvalue weighted by Crippen LogP contribution is -2.63. The van der Waals surface area contributed by atoms with Crippen molar-refractivity contribution in [2.24, 2.45) is 5.92 Å². The Morgan fingerprint density at radius 1 is 1.05 bits per heavy atom. The molecule has 0 spiro atoms. The minimum atomic E-state index is 0.283. The van der Waals surface area contributed by atoms with Gasteiger partial charge in [0.05, 0.1) is 0 Å². The van der Waals surface area contributed by atoms with Gasteiger partial charge >= 0.3 is 0 Å². The van der Waals surface area contributed by atoms with Gasteiger partial charge in [0.25, 0.3) is 0 Å². The number of nitrogens with zero attached hydrogens (tertiary/aromatic N) is 1. The Morgan fingerprint density at radius 2 is 1.67 bits per heavy atom. The van der Waals surface area contributed by atoms with Gasteiger partial charge in [-0.1, -0.05) is 65.7 Å². The highest BCUT2D eigenvalue weighted by Crippen LogP contribution is 2.23. The SMILES string of the molecule is CCCCCCCCCN1CC(C)(C)NCC1C(C)CC. The topological polar surface area (TPSA) is 15.3 Å². The van der Waals surface area contributed by atoms with Crippen LogP contribution in [0.25, 0.3) is 0 Å². The second kappa shape index (κ2) is 9.84. The third kappa shape index (κ3) is 7.15. The molecule has 0 aromatic carbocycles. The Hall–Kier alpha value is -0.0800. The van der Waals surface area contributed by atoms with E-state index in [2.05, 4.69) is 44.8 Å². The molecule has 0 aromatic rings. The molecule has 1 saturated heterocycles. The van der Waals surface area contributed by atoms with Crippen molar-refractivity contribution in [3.8, 4) is 0 Å². The van der Waals surface area contributed by atoms with Crippen LogP contribution in [0.2, 0.25) is 0 Å². The minimum absolute atomic E-state index is 0.283. The minimum Gasteiger partial charge on any atom is -0.309 e. The molecule has 1 N–H and O–H groups in total. The van der Waals surface area contributed by atoms with Crippen LogP contribution >= 0.6 is 0 Å². The average molecular weight is 297 g/mol. The number of nitrogens with one attached hydrogen (secondary N) is 1. The number of hydrogen-bond acceptors (Lipinski definition) is 2. The largest absolute Gasteiger partial charge is 0.309 e. The van der Waals surface area contributed by atoms with Gasteiger partial charge in [-0.3, -0.25) is 4.90 Å². The third-order valence-corrected chi connectivity index (χ3v) is 5.21. The molecule has 2 nitrogen and oxygen atoms in total. The number of rotatable bonds is 10. The monoisotopic (exact) mass is 296 g/mol. The first-order valence-electron chi connectivity index (χ1n) is 9.49. The zero-order valence-electron chi connectivity index (χ0n) is 15.4. The number of hydrogen-bond donors (Lipinski definition) is 1. The molecule has 1 aliphatic rings. The average Bonchev–Trinajstić information content (AvgIpc) is 2.45. The Kier molecular flexibility index (Phi) is 8.89. The molecule has 1 rings (SSSR count). The summed E-state index contributed by atoms with van der Waals surface area (Å²) in [6.45, 7) is 15.4. The van der Waals surface area contributed by atoms with Crippen molar-refractivity contribution in [3.63, 3.8) is 0 Å². The molecule has 0 bridgehead atoms. The van der Waals surface area contributed by atoms with E-state index >= 15 is 0 Å². The second-order valence-corrected chi connectivity index (χ2v) is 7.81. The maximum absolute atomic E-state index is 3.74. The maximum atomic E-state index is 3.74. The van der Waals surface area contributed by atoms with Crippen LogP contribution in [0.15, 0.2) is 0 Å². The summed E-state index contributed by atoms with van der Waals surface area (Å²) in [6.07, 6.45) is 11.2. The summed E-state index contributed by atoms with van der Waals surface area (Å²) < 4.78 is 0. The van der Waals surface area contributed by atoms with Gasteiger partial charge in [0.15, 0.2) is 0 Å². The summed E-state index contributed by atoms with van der Waals surface area (Å²) in [5, 5.41) is 3.74. The van der Waals surface area contributed by atoms with E-state index in [9.17, 15) is 0 Å². The van der Waals surface area contributed by atoms with Crippen LogP contribution in [0.4, 0.5) is 0 Å². The van der Waals surface area contributed by atoms with Gasteiger partial charge in [0.1, 0.15) is 0 Å². The highest BCUT2D eigenvalue weighted by molar-refractivity contribution is 4.93. The van der Waals surface area contributed by atoms with Crippen molar-refractivity contribution in [2.45, 2.75) is 97.6 Å². The van der Waals surface area contributed by atoms with Gasteiger partial charge in [-0.05, 0) is 32.7 Å². The van der Waals surface area contributed by atoms with E-state index in [0.717, 1.165) is 12.0 Å². The lowest BCUT2D eigenvalue weighted by atomic mass is 9.90. The molecule has 0 amide bonds. The van der Waals surface area contributed by atoms with E-state index in [4.69, 9.17) is 0 Å². The van der Waals surface area contributed by atoms with E-state index < -0.39 is 0 Å². The van der Waals surface area contributed by atoms with Gasteiger partial charge in [-0.2, -0.15) is 0 Å². The van der Waals surface area contributed by atoms with Crippen LogP contribution in [0, 0.1) is 5.92 Å². The summed E-state index contributed by atoms with van der Waals surface area (Å²) in [7, 11) is 0. The van der Waals surface area contributed by atoms with E-state index in [1.54, 1.807) is 0 Å². The van der Waals surface area contributed by atoms with Gasteiger partial charge in [-0.25, -0.2) is 0 Å². The van der Waals surface area contributed by atoms with Gasteiger partial charge < -0.3 is 5.32 Å².